The average molecular weight is 317 g/mol. The summed E-state index contributed by atoms with van der Waals surface area (Å²) in [7, 11) is 0. The lowest BCUT2D eigenvalue weighted by molar-refractivity contribution is -0.138. The van der Waals surface area contributed by atoms with Crippen LogP contribution in [0.5, 0.6) is 0 Å². The predicted molar refractivity (Wildman–Crippen MR) is 89.8 cm³/mol. The van der Waals surface area contributed by atoms with Gasteiger partial charge in [0.1, 0.15) is 5.78 Å². The van der Waals surface area contributed by atoms with Gasteiger partial charge in [-0.2, -0.15) is 0 Å². The first-order valence-electron chi connectivity index (χ1n) is 9.98. The number of likely N-dealkylation sites (tertiary alicyclic amines) is 1. The Labute approximate surface area is 140 Å². The van der Waals surface area contributed by atoms with E-state index >= 15 is 0 Å². The van der Waals surface area contributed by atoms with Gasteiger partial charge in [0.15, 0.2) is 0 Å². The van der Waals surface area contributed by atoms with Crippen LogP contribution in [0.3, 0.4) is 0 Å². The predicted octanol–water partition coefficient (Wildman–Crippen LogP) is 3.81. The topological polar surface area (TPSA) is 37.4 Å². The zero-order valence-corrected chi connectivity index (χ0v) is 14.3. The van der Waals surface area contributed by atoms with Crippen LogP contribution in [0.25, 0.3) is 0 Å². The summed E-state index contributed by atoms with van der Waals surface area (Å²) in [6, 6.07) is 0. The van der Waals surface area contributed by atoms with Crippen molar-refractivity contribution in [3.63, 3.8) is 0 Å². The fourth-order valence-electron chi connectivity index (χ4n) is 6.10. The Hall–Kier alpha value is -0.860. The number of amides is 1. The number of carbonyl (C=O) groups excluding carboxylic acids is 2. The molecule has 3 heteroatoms. The Morgan fingerprint density at radius 2 is 1.70 bits per heavy atom. The third kappa shape index (κ3) is 3.34. The largest absolute Gasteiger partial charge is 0.342 e. The molecule has 0 aromatic rings. The van der Waals surface area contributed by atoms with Gasteiger partial charge in [-0.3, -0.25) is 9.59 Å². The normalized spacial score (nSPS) is 39.3. The molecule has 4 fully saturated rings. The molecule has 0 radical (unpaired) electrons. The number of fused-ring (bicyclic) bond motifs is 3. The number of Topliss-reactive ketones (excluding diaryl/α,β-unsaturated/α-hetero) is 1. The summed E-state index contributed by atoms with van der Waals surface area (Å²) in [5.74, 6) is 4.15. The molecule has 0 N–H and O–H groups in total. The van der Waals surface area contributed by atoms with Gasteiger partial charge in [0.25, 0.3) is 0 Å². The van der Waals surface area contributed by atoms with E-state index < -0.39 is 0 Å². The highest BCUT2D eigenvalue weighted by atomic mass is 16.2. The molecule has 0 spiro atoms. The zero-order valence-electron chi connectivity index (χ0n) is 14.3. The summed E-state index contributed by atoms with van der Waals surface area (Å²) in [5.41, 5.74) is 0. The quantitative estimate of drug-likeness (QED) is 0.739. The molecule has 1 saturated heterocycles. The van der Waals surface area contributed by atoms with Gasteiger partial charge in [-0.05, 0) is 61.7 Å². The molecule has 3 saturated carbocycles. The number of piperidine rings is 1. The first-order valence-corrected chi connectivity index (χ1v) is 9.98. The van der Waals surface area contributed by atoms with Crippen molar-refractivity contribution in [2.75, 3.05) is 13.1 Å². The minimum Gasteiger partial charge on any atom is -0.342 e. The molecule has 0 aromatic carbocycles. The molecular formula is C20H31NO2. The van der Waals surface area contributed by atoms with Crippen LogP contribution in [0.2, 0.25) is 0 Å². The Balaban J connectivity index is 1.25. The summed E-state index contributed by atoms with van der Waals surface area (Å²) in [6.45, 7) is 1.81. The van der Waals surface area contributed by atoms with Gasteiger partial charge in [-0.1, -0.05) is 25.7 Å². The number of ketones is 1. The SMILES string of the molecule is O=C(CC(=O)N1CCC2CCCCC2C1)CC1CC2CCC1C2. The molecule has 1 heterocycles. The lowest BCUT2D eigenvalue weighted by atomic mass is 9.75. The smallest absolute Gasteiger partial charge is 0.230 e. The van der Waals surface area contributed by atoms with Gasteiger partial charge in [0.2, 0.25) is 5.91 Å². The molecule has 5 unspecified atom stereocenters. The maximum Gasteiger partial charge on any atom is 0.230 e. The monoisotopic (exact) mass is 317 g/mol. The second-order valence-electron chi connectivity index (χ2n) is 8.79. The average Bonchev–Trinajstić information content (AvgIpc) is 3.17. The van der Waals surface area contributed by atoms with Crippen LogP contribution >= 0.6 is 0 Å². The first-order chi connectivity index (χ1) is 11.2. The van der Waals surface area contributed by atoms with Crippen molar-refractivity contribution in [2.45, 2.75) is 70.6 Å². The van der Waals surface area contributed by atoms with E-state index in [2.05, 4.69) is 0 Å². The minimum absolute atomic E-state index is 0.113. The van der Waals surface area contributed by atoms with E-state index in [1.165, 1.54) is 51.4 Å². The Kier molecular flexibility index (Phi) is 4.47. The fourth-order valence-corrected chi connectivity index (χ4v) is 6.10. The number of hydrogen-bond donors (Lipinski definition) is 0. The van der Waals surface area contributed by atoms with Crippen molar-refractivity contribution >= 4 is 11.7 Å². The minimum atomic E-state index is 0.113. The van der Waals surface area contributed by atoms with Crippen LogP contribution in [-0.2, 0) is 9.59 Å². The second kappa shape index (κ2) is 6.57. The summed E-state index contributed by atoms with van der Waals surface area (Å²) in [5, 5.41) is 0. The Morgan fingerprint density at radius 3 is 2.43 bits per heavy atom. The lowest BCUT2D eigenvalue weighted by Crippen LogP contribution is -2.45. The molecule has 23 heavy (non-hydrogen) atoms. The highest BCUT2D eigenvalue weighted by Crippen LogP contribution is 2.49. The molecule has 2 bridgehead atoms. The number of hydrogen-bond acceptors (Lipinski definition) is 2. The van der Waals surface area contributed by atoms with E-state index in [0.29, 0.717) is 18.3 Å². The van der Waals surface area contributed by atoms with Crippen LogP contribution in [0.4, 0.5) is 0 Å². The second-order valence-corrected chi connectivity index (χ2v) is 8.79. The summed E-state index contributed by atoms with van der Waals surface area (Å²) in [4.78, 5) is 26.9. The van der Waals surface area contributed by atoms with E-state index in [0.717, 1.165) is 37.3 Å². The Bertz CT molecular complexity index is 474. The Morgan fingerprint density at radius 1 is 0.870 bits per heavy atom. The standard InChI is InChI=1S/C20H31NO2/c22-19(11-18-10-14-5-6-16(18)9-14)12-20(23)21-8-7-15-3-1-2-4-17(15)13-21/h14-18H,1-13H2. The third-order valence-corrected chi connectivity index (χ3v) is 7.37. The molecule has 1 aliphatic heterocycles. The van der Waals surface area contributed by atoms with Crippen molar-refractivity contribution in [1.29, 1.82) is 0 Å². The number of nitrogens with zero attached hydrogens (tertiary/aromatic N) is 1. The highest BCUT2D eigenvalue weighted by molar-refractivity contribution is 5.98. The number of carbonyl (C=O) groups is 2. The molecule has 4 aliphatic rings. The highest BCUT2D eigenvalue weighted by Gasteiger charge is 2.40. The lowest BCUT2D eigenvalue weighted by Gasteiger charge is -2.41. The van der Waals surface area contributed by atoms with E-state index in [1.807, 2.05) is 4.90 Å². The molecule has 0 aromatic heterocycles. The van der Waals surface area contributed by atoms with Crippen molar-refractivity contribution in [3.05, 3.63) is 0 Å². The zero-order chi connectivity index (χ0) is 15.8. The third-order valence-electron chi connectivity index (χ3n) is 7.37. The van der Waals surface area contributed by atoms with Crippen LogP contribution < -0.4 is 0 Å². The molecule has 3 aliphatic carbocycles. The van der Waals surface area contributed by atoms with Gasteiger partial charge >= 0.3 is 0 Å². The molecule has 3 nitrogen and oxygen atoms in total. The van der Waals surface area contributed by atoms with Crippen molar-refractivity contribution in [1.82, 2.24) is 4.90 Å². The molecular weight excluding hydrogens is 286 g/mol. The van der Waals surface area contributed by atoms with Gasteiger partial charge in [0, 0.05) is 19.5 Å². The molecule has 5 atom stereocenters. The van der Waals surface area contributed by atoms with Gasteiger partial charge < -0.3 is 4.90 Å². The molecule has 4 rings (SSSR count). The van der Waals surface area contributed by atoms with Crippen LogP contribution in [0.15, 0.2) is 0 Å². The van der Waals surface area contributed by atoms with E-state index in [4.69, 9.17) is 0 Å². The molecule has 128 valence electrons. The van der Waals surface area contributed by atoms with Crippen molar-refractivity contribution in [2.24, 2.45) is 29.6 Å². The molecule has 1 amide bonds. The van der Waals surface area contributed by atoms with E-state index in [-0.39, 0.29) is 18.1 Å². The summed E-state index contributed by atoms with van der Waals surface area (Å²) >= 11 is 0. The fraction of sp³-hybridized carbons (Fsp3) is 0.900. The first kappa shape index (κ1) is 15.7. The van der Waals surface area contributed by atoms with Gasteiger partial charge in [-0.25, -0.2) is 0 Å². The van der Waals surface area contributed by atoms with Crippen molar-refractivity contribution < 1.29 is 9.59 Å². The van der Waals surface area contributed by atoms with Gasteiger partial charge in [-0.15, -0.1) is 0 Å². The van der Waals surface area contributed by atoms with Crippen LogP contribution in [0, 0.1) is 29.6 Å². The van der Waals surface area contributed by atoms with E-state index in [9.17, 15) is 9.59 Å². The maximum atomic E-state index is 12.5. The van der Waals surface area contributed by atoms with E-state index in [1.54, 1.807) is 0 Å². The summed E-state index contributed by atoms with van der Waals surface area (Å²) < 4.78 is 0. The summed E-state index contributed by atoms with van der Waals surface area (Å²) in [6.07, 6.45) is 12.7. The van der Waals surface area contributed by atoms with Gasteiger partial charge in [0.05, 0.1) is 6.42 Å². The van der Waals surface area contributed by atoms with Crippen LogP contribution in [-0.4, -0.2) is 29.7 Å². The number of rotatable bonds is 4. The van der Waals surface area contributed by atoms with Crippen LogP contribution in [0.1, 0.15) is 70.6 Å². The van der Waals surface area contributed by atoms with Crippen molar-refractivity contribution in [3.8, 4) is 0 Å². The maximum absolute atomic E-state index is 12.5.